The lowest BCUT2D eigenvalue weighted by atomic mass is 10.1. The molecule has 0 heterocycles. The van der Waals surface area contributed by atoms with Gasteiger partial charge in [-0.15, -0.1) is 0 Å². The zero-order valence-corrected chi connectivity index (χ0v) is 23.3. The molecule has 0 aliphatic carbocycles. The van der Waals surface area contributed by atoms with Gasteiger partial charge in [-0.05, 0) is 62.0 Å². The van der Waals surface area contributed by atoms with E-state index in [1.165, 1.54) is 49.4 Å². The molecule has 0 unspecified atom stereocenters. The van der Waals surface area contributed by atoms with Gasteiger partial charge in [0.15, 0.2) is 17.5 Å². The molecule has 0 aliphatic heterocycles. The van der Waals surface area contributed by atoms with Crippen LogP contribution >= 0.6 is 0 Å². The summed E-state index contributed by atoms with van der Waals surface area (Å²) in [6.45, 7) is 4.80. The summed E-state index contributed by atoms with van der Waals surface area (Å²) in [5, 5.41) is 2.98. The number of sulfonamides is 1. The third kappa shape index (κ3) is 12.2. The predicted molar refractivity (Wildman–Crippen MR) is 149 cm³/mol. The van der Waals surface area contributed by atoms with Crippen LogP contribution in [0.25, 0.3) is 6.08 Å². The monoisotopic (exact) mass is 581 g/mol. The maximum absolute atomic E-state index is 14.6. The van der Waals surface area contributed by atoms with Crippen molar-refractivity contribution in [2.75, 3.05) is 59.8 Å². The summed E-state index contributed by atoms with van der Waals surface area (Å²) in [5.74, 6) is -1.54. The quantitative estimate of drug-likeness (QED) is 0.0870. The molecular weight excluding hydrogens is 545 g/mol. The Hall–Kier alpha value is -3.40. The van der Waals surface area contributed by atoms with Gasteiger partial charge in [0.1, 0.15) is 5.75 Å². The average Bonchev–Trinajstić information content (AvgIpc) is 2.90. The van der Waals surface area contributed by atoms with Crippen molar-refractivity contribution in [3.8, 4) is 11.5 Å². The zero-order valence-electron chi connectivity index (χ0n) is 22.5. The molecule has 0 spiro atoms. The van der Waals surface area contributed by atoms with Gasteiger partial charge >= 0.3 is 0 Å². The molecule has 6 N–H and O–H groups in total. The fraction of sp³-hybridized carbons (Fsp3) is 0.385. The second kappa shape index (κ2) is 17.3. The van der Waals surface area contributed by atoms with Crippen LogP contribution in [0.3, 0.4) is 0 Å². The molecule has 0 atom stereocenters. The first-order chi connectivity index (χ1) is 19.1. The predicted octanol–water partition coefficient (Wildman–Crippen LogP) is 1.37. The Morgan fingerprint density at radius 3 is 2.12 bits per heavy atom. The topological polar surface area (TPSA) is 177 Å². The number of carbonyl (C=O) groups excluding carboxylic acids is 1. The minimum absolute atomic E-state index is 0.0170. The van der Waals surface area contributed by atoms with E-state index in [1.807, 2.05) is 7.05 Å². The van der Waals surface area contributed by atoms with Gasteiger partial charge in [0.05, 0.1) is 44.5 Å². The smallest absolute Gasteiger partial charge is 0.275 e. The molecule has 40 heavy (non-hydrogen) atoms. The van der Waals surface area contributed by atoms with Gasteiger partial charge in [-0.25, -0.2) is 17.5 Å². The standard InChI is InChI=1S/C26H36FN5O7S/c1-19(25(33)32-26(28)29)17-20-3-8-24(23(27)18-20)39-21-4-6-22(7-5-21)40(34,35)31-10-12-37-14-16-38-15-13-36-11-9-30-2/h3-8,17-18,30-31H,9-16H2,1-2H3,(H4,28,29,32,33)/b19-17+. The number of amides is 1. The molecule has 1 amide bonds. The number of rotatable bonds is 18. The lowest BCUT2D eigenvalue weighted by molar-refractivity contribution is -0.114. The first kappa shape index (κ1) is 32.8. The number of ether oxygens (including phenoxy) is 4. The van der Waals surface area contributed by atoms with Crippen molar-refractivity contribution < 1.29 is 36.6 Å². The fourth-order valence-electron chi connectivity index (χ4n) is 3.07. The van der Waals surface area contributed by atoms with Crippen LogP contribution in [-0.2, 0) is 29.0 Å². The van der Waals surface area contributed by atoms with E-state index in [4.69, 9.17) is 30.4 Å². The third-order valence-corrected chi connectivity index (χ3v) is 6.52. The van der Waals surface area contributed by atoms with Crippen LogP contribution in [0.1, 0.15) is 12.5 Å². The average molecular weight is 582 g/mol. The van der Waals surface area contributed by atoms with Crippen molar-refractivity contribution in [2.45, 2.75) is 11.8 Å². The van der Waals surface area contributed by atoms with Crippen molar-refractivity contribution in [1.29, 1.82) is 0 Å². The largest absolute Gasteiger partial charge is 0.454 e. The lowest BCUT2D eigenvalue weighted by Crippen LogP contribution is -2.27. The highest BCUT2D eigenvalue weighted by atomic mass is 32.2. The number of hydrogen-bond donors (Lipinski definition) is 4. The first-order valence-electron chi connectivity index (χ1n) is 12.4. The molecule has 2 aromatic carbocycles. The Balaban J connectivity index is 1.79. The molecule has 0 saturated carbocycles. The molecule has 2 aromatic rings. The van der Waals surface area contributed by atoms with Gasteiger partial charge in [-0.1, -0.05) is 6.07 Å². The number of benzene rings is 2. The maximum atomic E-state index is 14.6. The van der Waals surface area contributed by atoms with Crippen LogP contribution in [0.4, 0.5) is 4.39 Å². The highest BCUT2D eigenvalue weighted by Crippen LogP contribution is 2.27. The van der Waals surface area contributed by atoms with Gasteiger partial charge in [0, 0.05) is 18.7 Å². The summed E-state index contributed by atoms with van der Waals surface area (Å²) in [4.78, 5) is 15.3. The number of nitrogens with two attached hydrogens (primary N) is 2. The minimum atomic E-state index is -3.77. The Morgan fingerprint density at radius 1 is 0.950 bits per heavy atom. The van der Waals surface area contributed by atoms with E-state index >= 15 is 0 Å². The number of carbonyl (C=O) groups is 1. The van der Waals surface area contributed by atoms with Gasteiger partial charge in [-0.2, -0.15) is 4.99 Å². The van der Waals surface area contributed by atoms with Crippen LogP contribution < -0.4 is 26.2 Å². The first-order valence-corrected chi connectivity index (χ1v) is 13.9. The van der Waals surface area contributed by atoms with E-state index in [0.29, 0.717) is 38.6 Å². The second-order valence-corrected chi connectivity index (χ2v) is 10.0. The Kier molecular flexibility index (Phi) is 14.2. The molecule has 0 radical (unpaired) electrons. The lowest BCUT2D eigenvalue weighted by Gasteiger charge is -2.10. The van der Waals surface area contributed by atoms with E-state index in [0.717, 1.165) is 6.54 Å². The SMILES string of the molecule is CNCCOCCOCCOCCNS(=O)(=O)c1ccc(Oc2ccc(/C=C(\C)C(=O)N=C(N)N)cc2F)cc1. The molecule has 0 fully saturated rings. The Bertz CT molecular complexity index is 1250. The summed E-state index contributed by atoms with van der Waals surface area (Å²) >= 11 is 0. The Morgan fingerprint density at radius 2 is 1.55 bits per heavy atom. The molecule has 0 aliphatic rings. The highest BCUT2D eigenvalue weighted by Gasteiger charge is 2.14. The summed E-state index contributed by atoms with van der Waals surface area (Å²) in [5.41, 5.74) is 11.0. The molecule has 0 saturated heterocycles. The highest BCUT2D eigenvalue weighted by molar-refractivity contribution is 7.89. The molecule has 2 rings (SSSR count). The molecule has 0 bridgehead atoms. The maximum Gasteiger partial charge on any atom is 0.275 e. The van der Waals surface area contributed by atoms with Crippen LogP contribution in [0.2, 0.25) is 0 Å². The minimum Gasteiger partial charge on any atom is -0.454 e. The van der Waals surface area contributed by atoms with Gasteiger partial charge in [0.2, 0.25) is 10.0 Å². The normalized spacial score (nSPS) is 11.8. The van der Waals surface area contributed by atoms with E-state index in [1.54, 1.807) is 6.07 Å². The van der Waals surface area contributed by atoms with Crippen LogP contribution in [0.5, 0.6) is 11.5 Å². The van der Waals surface area contributed by atoms with Gasteiger partial charge in [-0.3, -0.25) is 4.79 Å². The van der Waals surface area contributed by atoms with Crippen molar-refractivity contribution in [2.24, 2.45) is 16.5 Å². The van der Waals surface area contributed by atoms with Crippen LogP contribution in [0, 0.1) is 5.82 Å². The second-order valence-electron chi connectivity index (χ2n) is 8.27. The molecular formula is C26H36FN5O7S. The van der Waals surface area contributed by atoms with Crippen molar-refractivity contribution in [3.05, 3.63) is 59.4 Å². The van der Waals surface area contributed by atoms with E-state index in [-0.39, 0.29) is 41.1 Å². The van der Waals surface area contributed by atoms with Crippen molar-refractivity contribution >= 4 is 28.0 Å². The number of nitrogens with zero attached hydrogens (tertiary/aromatic N) is 1. The van der Waals surface area contributed by atoms with E-state index in [9.17, 15) is 17.6 Å². The molecule has 0 aromatic heterocycles. The van der Waals surface area contributed by atoms with Crippen molar-refractivity contribution in [1.82, 2.24) is 10.0 Å². The number of nitrogens with one attached hydrogen (secondary N) is 2. The van der Waals surface area contributed by atoms with Crippen LogP contribution in [0.15, 0.2) is 57.9 Å². The summed E-state index contributed by atoms with van der Waals surface area (Å²) in [6, 6.07) is 9.63. The van der Waals surface area contributed by atoms with E-state index in [2.05, 4.69) is 15.0 Å². The number of halogens is 1. The van der Waals surface area contributed by atoms with Crippen molar-refractivity contribution in [3.63, 3.8) is 0 Å². The summed E-state index contributed by atoms with van der Waals surface area (Å²) in [6.07, 6.45) is 1.43. The van der Waals surface area contributed by atoms with Crippen LogP contribution in [-0.4, -0.2) is 80.1 Å². The van der Waals surface area contributed by atoms with Gasteiger partial charge < -0.3 is 35.7 Å². The fourth-order valence-corrected chi connectivity index (χ4v) is 4.08. The van der Waals surface area contributed by atoms with E-state index < -0.39 is 21.7 Å². The third-order valence-electron chi connectivity index (χ3n) is 5.05. The van der Waals surface area contributed by atoms with Gasteiger partial charge in [0.25, 0.3) is 5.91 Å². The number of likely N-dealkylation sites (N-methyl/N-ethyl adjacent to an activating group) is 1. The molecule has 14 heteroatoms. The number of aliphatic imine (C=N–C) groups is 1. The molecule has 12 nitrogen and oxygen atoms in total. The number of hydrogen-bond acceptors (Lipinski definition) is 8. The Labute approximate surface area is 233 Å². The molecule has 220 valence electrons. The zero-order chi connectivity index (χ0) is 29.4. The number of guanidine groups is 1. The summed E-state index contributed by atoms with van der Waals surface area (Å²) in [7, 11) is -1.92. The summed E-state index contributed by atoms with van der Waals surface area (Å²) < 4.78 is 63.6.